The van der Waals surface area contributed by atoms with E-state index in [9.17, 15) is 4.39 Å². The molecule has 0 spiro atoms. The Morgan fingerprint density at radius 1 is 1.39 bits per heavy atom. The molecule has 1 unspecified atom stereocenters. The maximum Gasteiger partial charge on any atom is 0.162 e. The predicted molar refractivity (Wildman–Crippen MR) is 69.2 cm³/mol. The van der Waals surface area contributed by atoms with Crippen LogP contribution >= 0.6 is 11.6 Å². The Balaban J connectivity index is 2.10. The van der Waals surface area contributed by atoms with Crippen LogP contribution in [0.3, 0.4) is 0 Å². The molecule has 18 heavy (non-hydrogen) atoms. The van der Waals surface area contributed by atoms with Gasteiger partial charge in [0.1, 0.15) is 5.82 Å². The predicted octanol–water partition coefficient (Wildman–Crippen LogP) is 3.99. The van der Waals surface area contributed by atoms with Crippen molar-refractivity contribution in [2.75, 3.05) is 0 Å². The highest BCUT2D eigenvalue weighted by molar-refractivity contribution is 6.30. The molecule has 0 saturated carbocycles. The van der Waals surface area contributed by atoms with Crippen molar-refractivity contribution in [1.29, 1.82) is 0 Å². The zero-order valence-electron chi connectivity index (χ0n) is 9.95. The molecule has 0 amide bonds. The summed E-state index contributed by atoms with van der Waals surface area (Å²) in [5.74, 6) is 0.575. The molecule has 1 aliphatic carbocycles. The Labute approximate surface area is 110 Å². The molecule has 0 radical (unpaired) electrons. The summed E-state index contributed by atoms with van der Waals surface area (Å²) in [6.45, 7) is 2.16. The summed E-state index contributed by atoms with van der Waals surface area (Å²) in [6, 6.07) is 4.43. The maximum atomic E-state index is 13.7. The van der Waals surface area contributed by atoms with E-state index < -0.39 is 0 Å². The lowest BCUT2D eigenvalue weighted by Crippen LogP contribution is -1.98. The Hall–Kier alpha value is -1.48. The van der Waals surface area contributed by atoms with Crippen LogP contribution in [0, 0.1) is 5.82 Å². The minimum atomic E-state index is -0.342. The van der Waals surface area contributed by atoms with Gasteiger partial charge >= 0.3 is 0 Å². The second-order valence-electron chi connectivity index (χ2n) is 4.66. The molecule has 1 aromatic carbocycles. The summed E-state index contributed by atoms with van der Waals surface area (Å²) in [4.78, 5) is 8.73. The lowest BCUT2D eigenvalue weighted by molar-refractivity contribution is 0.630. The fourth-order valence-electron chi connectivity index (χ4n) is 2.35. The number of nitrogens with zero attached hydrogens (tertiary/aromatic N) is 2. The molecule has 92 valence electrons. The van der Waals surface area contributed by atoms with Crippen molar-refractivity contribution in [2.45, 2.75) is 25.7 Å². The zero-order valence-corrected chi connectivity index (χ0v) is 10.7. The van der Waals surface area contributed by atoms with E-state index in [1.54, 1.807) is 6.07 Å². The third kappa shape index (κ3) is 1.89. The number of fused-ring (bicyclic) bond motifs is 1. The zero-order chi connectivity index (χ0) is 12.7. The Morgan fingerprint density at radius 2 is 2.22 bits per heavy atom. The summed E-state index contributed by atoms with van der Waals surface area (Å²) in [6.07, 6.45) is 3.84. The van der Waals surface area contributed by atoms with Crippen molar-refractivity contribution in [3.63, 3.8) is 0 Å². The number of aromatic nitrogens is 2. The van der Waals surface area contributed by atoms with Gasteiger partial charge in [-0.25, -0.2) is 14.4 Å². The molecule has 0 fully saturated rings. The summed E-state index contributed by atoms with van der Waals surface area (Å²) < 4.78 is 13.7. The molecule has 1 aliphatic rings. The summed E-state index contributed by atoms with van der Waals surface area (Å²) in [7, 11) is 0. The molecule has 4 heteroatoms. The van der Waals surface area contributed by atoms with Gasteiger partial charge in [-0.3, -0.25) is 0 Å². The number of aryl methyl sites for hydroxylation is 1. The highest BCUT2D eigenvalue weighted by Crippen LogP contribution is 2.32. The number of hydrogen-bond acceptors (Lipinski definition) is 2. The molecule has 0 N–H and O–H groups in total. The van der Waals surface area contributed by atoms with E-state index in [0.717, 1.165) is 18.5 Å². The first-order valence-corrected chi connectivity index (χ1v) is 6.34. The number of halogens is 2. The average Bonchev–Trinajstić information content (AvgIpc) is 2.74. The molecule has 1 aromatic heterocycles. The molecule has 1 atom stereocenters. The van der Waals surface area contributed by atoms with Gasteiger partial charge in [0.2, 0.25) is 0 Å². The molecule has 2 nitrogen and oxygen atoms in total. The number of rotatable bonds is 1. The number of hydrogen-bond donors (Lipinski definition) is 0. The van der Waals surface area contributed by atoms with Crippen molar-refractivity contribution in [1.82, 2.24) is 9.97 Å². The first-order chi connectivity index (χ1) is 8.65. The van der Waals surface area contributed by atoms with Crippen molar-refractivity contribution < 1.29 is 4.39 Å². The van der Waals surface area contributed by atoms with Crippen LogP contribution in [0.4, 0.5) is 4.39 Å². The van der Waals surface area contributed by atoms with Gasteiger partial charge in [-0.05, 0) is 42.5 Å². The smallest absolute Gasteiger partial charge is 0.162 e. The van der Waals surface area contributed by atoms with Gasteiger partial charge in [-0.1, -0.05) is 18.5 Å². The Kier molecular flexibility index (Phi) is 2.78. The van der Waals surface area contributed by atoms with Crippen LogP contribution in [-0.4, -0.2) is 9.97 Å². The Bertz CT molecular complexity index is 613. The van der Waals surface area contributed by atoms with Gasteiger partial charge in [0.15, 0.2) is 5.82 Å². The van der Waals surface area contributed by atoms with E-state index in [0.29, 0.717) is 22.3 Å². The third-order valence-corrected chi connectivity index (χ3v) is 3.65. The Morgan fingerprint density at radius 3 is 3.06 bits per heavy atom. The lowest BCUT2D eigenvalue weighted by atomic mass is 10.1. The van der Waals surface area contributed by atoms with E-state index in [2.05, 4.69) is 16.9 Å². The first kappa shape index (κ1) is 11.6. The molecular weight excluding hydrogens is 251 g/mol. The van der Waals surface area contributed by atoms with Gasteiger partial charge in [-0.15, -0.1) is 0 Å². The van der Waals surface area contributed by atoms with E-state index in [1.807, 2.05) is 6.20 Å². The minimum Gasteiger partial charge on any atom is -0.236 e. The van der Waals surface area contributed by atoms with Gasteiger partial charge in [0.05, 0.1) is 5.56 Å². The maximum absolute atomic E-state index is 13.7. The van der Waals surface area contributed by atoms with Crippen LogP contribution in [0.25, 0.3) is 11.4 Å². The van der Waals surface area contributed by atoms with Crippen molar-refractivity contribution in [3.05, 3.63) is 46.5 Å². The third-order valence-electron chi connectivity index (χ3n) is 3.41. The molecular formula is C14H12ClFN2. The van der Waals surface area contributed by atoms with Crippen LogP contribution in [0.2, 0.25) is 5.02 Å². The number of benzene rings is 1. The van der Waals surface area contributed by atoms with Crippen LogP contribution in [0.1, 0.15) is 30.5 Å². The van der Waals surface area contributed by atoms with Crippen molar-refractivity contribution in [3.8, 4) is 11.4 Å². The SMILES string of the molecule is CC1CCc2nc(-c3cc(Cl)ccc3F)ncc21. The second-order valence-corrected chi connectivity index (χ2v) is 5.10. The molecule has 3 rings (SSSR count). The normalized spacial score (nSPS) is 17.8. The van der Waals surface area contributed by atoms with Gasteiger partial charge in [0, 0.05) is 16.9 Å². The fourth-order valence-corrected chi connectivity index (χ4v) is 2.52. The second kappa shape index (κ2) is 4.32. The standard InChI is InChI=1S/C14H12ClFN2/c1-8-2-5-13-11(8)7-17-14(18-13)10-6-9(15)3-4-12(10)16/h3-4,6-8H,2,5H2,1H3. The largest absolute Gasteiger partial charge is 0.236 e. The van der Waals surface area contributed by atoms with Crippen molar-refractivity contribution in [2.24, 2.45) is 0 Å². The molecule has 1 heterocycles. The van der Waals surface area contributed by atoms with E-state index in [4.69, 9.17) is 11.6 Å². The fraction of sp³-hybridized carbons (Fsp3) is 0.286. The summed E-state index contributed by atoms with van der Waals surface area (Å²) in [5.41, 5.74) is 2.58. The van der Waals surface area contributed by atoms with Gasteiger partial charge < -0.3 is 0 Å². The minimum absolute atomic E-state index is 0.342. The summed E-state index contributed by atoms with van der Waals surface area (Å²) in [5, 5.41) is 0.490. The van der Waals surface area contributed by atoms with Gasteiger partial charge in [0.25, 0.3) is 0 Å². The van der Waals surface area contributed by atoms with Crippen LogP contribution in [0.15, 0.2) is 24.4 Å². The van der Waals surface area contributed by atoms with Crippen LogP contribution in [0.5, 0.6) is 0 Å². The average molecular weight is 263 g/mol. The van der Waals surface area contributed by atoms with E-state index >= 15 is 0 Å². The molecule has 0 saturated heterocycles. The van der Waals surface area contributed by atoms with E-state index in [-0.39, 0.29) is 5.82 Å². The highest BCUT2D eigenvalue weighted by Gasteiger charge is 2.21. The topological polar surface area (TPSA) is 25.8 Å². The van der Waals surface area contributed by atoms with Crippen molar-refractivity contribution >= 4 is 11.6 Å². The highest BCUT2D eigenvalue weighted by atomic mass is 35.5. The molecule has 0 bridgehead atoms. The first-order valence-electron chi connectivity index (χ1n) is 5.96. The van der Waals surface area contributed by atoms with Gasteiger partial charge in [-0.2, -0.15) is 0 Å². The molecule has 0 aliphatic heterocycles. The molecule has 2 aromatic rings. The van der Waals surface area contributed by atoms with Crippen LogP contribution in [-0.2, 0) is 6.42 Å². The van der Waals surface area contributed by atoms with E-state index in [1.165, 1.54) is 17.7 Å². The van der Waals surface area contributed by atoms with Crippen LogP contribution < -0.4 is 0 Å². The lowest BCUT2D eigenvalue weighted by Gasteiger charge is -2.06. The monoisotopic (exact) mass is 262 g/mol. The quantitative estimate of drug-likeness (QED) is 0.777. The summed E-state index contributed by atoms with van der Waals surface area (Å²) >= 11 is 5.88.